The fourth-order valence-electron chi connectivity index (χ4n) is 3.92. The van der Waals surface area contributed by atoms with Crippen LogP contribution in [-0.4, -0.2) is 52.6 Å². The van der Waals surface area contributed by atoms with Crippen LogP contribution in [0.15, 0.2) is 35.2 Å². The van der Waals surface area contributed by atoms with Crippen molar-refractivity contribution in [1.29, 1.82) is 0 Å². The van der Waals surface area contributed by atoms with Crippen molar-refractivity contribution in [2.45, 2.75) is 32.6 Å². The quantitative estimate of drug-likeness (QED) is 0.718. The summed E-state index contributed by atoms with van der Waals surface area (Å²) in [4.78, 5) is 2.59. The lowest BCUT2D eigenvalue weighted by atomic mass is 10.1. The molecule has 0 N–H and O–H groups in total. The second kappa shape index (κ2) is 8.63. The Morgan fingerprint density at radius 3 is 2.24 bits per heavy atom. The Morgan fingerprint density at radius 1 is 0.966 bits per heavy atom. The third-order valence-corrected chi connectivity index (χ3v) is 7.73. The molecule has 1 fully saturated rings. The molecule has 2 aromatic rings. The predicted molar refractivity (Wildman–Crippen MR) is 116 cm³/mol. The van der Waals surface area contributed by atoms with Crippen molar-refractivity contribution >= 4 is 15.7 Å². The zero-order valence-corrected chi connectivity index (χ0v) is 18.7. The monoisotopic (exact) mass is 418 g/mol. The number of benzene rings is 2. The van der Waals surface area contributed by atoms with E-state index >= 15 is 0 Å². The van der Waals surface area contributed by atoms with Gasteiger partial charge in [0.1, 0.15) is 11.5 Å². The van der Waals surface area contributed by atoms with Gasteiger partial charge >= 0.3 is 0 Å². The highest BCUT2D eigenvalue weighted by molar-refractivity contribution is 7.89. The van der Waals surface area contributed by atoms with E-state index in [1.807, 2.05) is 58.0 Å². The number of ether oxygens (including phenoxy) is 2. The summed E-state index contributed by atoms with van der Waals surface area (Å²) in [6.07, 6.45) is 0. The van der Waals surface area contributed by atoms with E-state index in [9.17, 15) is 8.42 Å². The molecule has 3 rings (SSSR count). The van der Waals surface area contributed by atoms with Crippen LogP contribution in [0.2, 0.25) is 0 Å². The van der Waals surface area contributed by atoms with Gasteiger partial charge in [-0.15, -0.1) is 0 Å². The minimum absolute atomic E-state index is 0.402. The standard InChI is InChI=1S/C22H30N2O4S/c1-6-28-20-10-8-7-9-19(20)23-11-13-24(14-12-23)29(25,26)22-16(2)15-21(27-5)17(3)18(22)4/h7-10,15H,6,11-14H2,1-5H3. The van der Waals surface area contributed by atoms with Crippen molar-refractivity contribution in [2.24, 2.45) is 0 Å². The van der Waals surface area contributed by atoms with Crippen LogP contribution in [0.25, 0.3) is 0 Å². The van der Waals surface area contributed by atoms with Crippen LogP contribution in [-0.2, 0) is 10.0 Å². The molecular weight excluding hydrogens is 388 g/mol. The molecule has 0 saturated carbocycles. The maximum atomic E-state index is 13.4. The third kappa shape index (κ3) is 4.07. The first-order valence-electron chi connectivity index (χ1n) is 9.93. The molecule has 0 amide bonds. The van der Waals surface area contributed by atoms with Gasteiger partial charge in [0.25, 0.3) is 0 Å². The molecule has 0 atom stereocenters. The zero-order chi connectivity index (χ0) is 21.2. The molecule has 0 bridgehead atoms. The molecule has 158 valence electrons. The lowest BCUT2D eigenvalue weighted by Crippen LogP contribution is -2.49. The van der Waals surface area contributed by atoms with E-state index in [1.54, 1.807) is 11.4 Å². The van der Waals surface area contributed by atoms with Gasteiger partial charge in [0.05, 0.1) is 24.3 Å². The average Bonchev–Trinajstić information content (AvgIpc) is 2.71. The Kier molecular flexibility index (Phi) is 6.39. The summed E-state index contributed by atoms with van der Waals surface area (Å²) in [5.74, 6) is 1.56. The van der Waals surface area contributed by atoms with Crippen LogP contribution in [0.1, 0.15) is 23.6 Å². The van der Waals surface area contributed by atoms with Crippen LogP contribution in [0, 0.1) is 20.8 Å². The summed E-state index contributed by atoms with van der Waals surface area (Å²) in [6, 6.07) is 9.72. The highest BCUT2D eigenvalue weighted by Gasteiger charge is 2.32. The number of hydrogen-bond acceptors (Lipinski definition) is 5. The number of aryl methyl sites for hydroxylation is 1. The lowest BCUT2D eigenvalue weighted by Gasteiger charge is -2.36. The van der Waals surface area contributed by atoms with Crippen LogP contribution < -0.4 is 14.4 Å². The molecule has 6 nitrogen and oxygen atoms in total. The fourth-order valence-corrected chi connectivity index (χ4v) is 5.83. The smallest absolute Gasteiger partial charge is 0.243 e. The lowest BCUT2D eigenvalue weighted by molar-refractivity contribution is 0.336. The molecule has 0 spiro atoms. The van der Waals surface area contributed by atoms with Crippen molar-refractivity contribution in [2.75, 3.05) is 44.8 Å². The number of anilines is 1. The van der Waals surface area contributed by atoms with Crippen molar-refractivity contribution in [3.8, 4) is 11.5 Å². The molecule has 7 heteroatoms. The van der Waals surface area contributed by atoms with Gasteiger partial charge in [-0.25, -0.2) is 8.42 Å². The van der Waals surface area contributed by atoms with E-state index < -0.39 is 10.0 Å². The minimum atomic E-state index is -3.58. The Bertz CT molecular complexity index is 981. The van der Waals surface area contributed by atoms with Crippen molar-refractivity contribution in [3.63, 3.8) is 0 Å². The van der Waals surface area contributed by atoms with Crippen molar-refractivity contribution < 1.29 is 17.9 Å². The largest absolute Gasteiger partial charge is 0.496 e. The number of methoxy groups -OCH3 is 1. The first-order valence-corrected chi connectivity index (χ1v) is 11.4. The van der Waals surface area contributed by atoms with Gasteiger partial charge < -0.3 is 14.4 Å². The maximum Gasteiger partial charge on any atom is 0.243 e. The van der Waals surface area contributed by atoms with E-state index in [0.29, 0.717) is 43.2 Å². The normalized spacial score (nSPS) is 15.4. The molecule has 2 aromatic carbocycles. The number of piperazine rings is 1. The Labute approximate surface area is 174 Å². The van der Waals surface area contributed by atoms with E-state index in [1.165, 1.54) is 0 Å². The van der Waals surface area contributed by atoms with Gasteiger partial charge in [-0.05, 0) is 62.6 Å². The number of nitrogens with zero attached hydrogens (tertiary/aromatic N) is 2. The molecule has 0 aliphatic carbocycles. The highest BCUT2D eigenvalue weighted by Crippen LogP contribution is 2.34. The zero-order valence-electron chi connectivity index (χ0n) is 17.9. The first-order chi connectivity index (χ1) is 13.8. The number of hydrogen-bond donors (Lipinski definition) is 0. The highest BCUT2D eigenvalue weighted by atomic mass is 32.2. The summed E-state index contributed by atoms with van der Waals surface area (Å²) in [7, 11) is -1.97. The Morgan fingerprint density at radius 2 is 1.62 bits per heavy atom. The molecule has 29 heavy (non-hydrogen) atoms. The van der Waals surface area contributed by atoms with Crippen LogP contribution in [0.5, 0.6) is 11.5 Å². The topological polar surface area (TPSA) is 59.1 Å². The molecular formula is C22H30N2O4S. The molecule has 1 heterocycles. The summed E-state index contributed by atoms with van der Waals surface area (Å²) in [5.41, 5.74) is 3.35. The summed E-state index contributed by atoms with van der Waals surface area (Å²) in [6.45, 7) is 10.3. The average molecular weight is 419 g/mol. The summed E-state index contributed by atoms with van der Waals surface area (Å²) < 4.78 is 39.6. The van der Waals surface area contributed by atoms with E-state index in [2.05, 4.69) is 4.90 Å². The van der Waals surface area contributed by atoms with E-state index in [0.717, 1.165) is 28.3 Å². The van der Waals surface area contributed by atoms with Gasteiger partial charge in [-0.1, -0.05) is 12.1 Å². The second-order valence-corrected chi connectivity index (χ2v) is 9.14. The van der Waals surface area contributed by atoms with Crippen LogP contribution >= 0.6 is 0 Å². The predicted octanol–water partition coefficient (Wildman–Crippen LogP) is 3.53. The molecule has 0 aromatic heterocycles. The molecule has 0 radical (unpaired) electrons. The summed E-state index contributed by atoms with van der Waals surface area (Å²) >= 11 is 0. The maximum absolute atomic E-state index is 13.4. The molecule has 1 saturated heterocycles. The second-order valence-electron chi connectivity index (χ2n) is 7.27. The summed E-state index contributed by atoms with van der Waals surface area (Å²) in [5, 5.41) is 0. The van der Waals surface area contributed by atoms with Crippen LogP contribution in [0.4, 0.5) is 5.69 Å². The SMILES string of the molecule is CCOc1ccccc1N1CCN(S(=O)(=O)c2c(C)cc(OC)c(C)c2C)CC1. The Hall–Kier alpha value is -2.25. The van der Waals surface area contributed by atoms with Crippen LogP contribution in [0.3, 0.4) is 0 Å². The number of para-hydroxylation sites is 2. The minimum Gasteiger partial charge on any atom is -0.496 e. The molecule has 1 aliphatic rings. The van der Waals surface area contributed by atoms with Gasteiger partial charge in [0.2, 0.25) is 10.0 Å². The molecule has 1 aliphatic heterocycles. The van der Waals surface area contributed by atoms with Gasteiger partial charge in [-0.2, -0.15) is 4.31 Å². The van der Waals surface area contributed by atoms with Crippen molar-refractivity contribution in [3.05, 3.63) is 47.0 Å². The van der Waals surface area contributed by atoms with Crippen molar-refractivity contribution in [1.82, 2.24) is 4.31 Å². The fraction of sp³-hybridized carbons (Fsp3) is 0.455. The first kappa shape index (κ1) is 21.5. The van der Waals surface area contributed by atoms with Gasteiger partial charge in [0, 0.05) is 26.2 Å². The third-order valence-electron chi connectivity index (χ3n) is 5.54. The number of sulfonamides is 1. The van der Waals surface area contributed by atoms with E-state index in [-0.39, 0.29) is 0 Å². The number of rotatable bonds is 6. The van der Waals surface area contributed by atoms with Gasteiger partial charge in [0.15, 0.2) is 0 Å². The molecule has 0 unspecified atom stereocenters. The van der Waals surface area contributed by atoms with Gasteiger partial charge in [-0.3, -0.25) is 0 Å². The van der Waals surface area contributed by atoms with E-state index in [4.69, 9.17) is 9.47 Å². The Balaban J connectivity index is 1.84.